The molecule has 0 aromatic heterocycles. The Hall–Kier alpha value is -1.59. The molecule has 1 aromatic rings. The largest absolute Gasteiger partial charge is 0.378 e. The predicted octanol–water partition coefficient (Wildman–Crippen LogP) is 1.27. The molecule has 2 aliphatic rings. The Kier molecular flexibility index (Phi) is 4.95. The Bertz CT molecular complexity index is 514. The molecule has 3 rings (SSSR count). The van der Waals surface area contributed by atoms with Gasteiger partial charge in [0.2, 0.25) is 5.91 Å². The maximum Gasteiger partial charge on any atom is 0.224 e. The molecule has 0 unspecified atom stereocenters. The number of hydrogen-bond acceptors (Lipinski definition) is 4. The van der Waals surface area contributed by atoms with Gasteiger partial charge in [0, 0.05) is 31.4 Å². The number of hydrogen-bond donors (Lipinski definition) is 2. The van der Waals surface area contributed by atoms with Crippen LogP contribution in [0.4, 0.5) is 5.69 Å². The summed E-state index contributed by atoms with van der Waals surface area (Å²) >= 11 is 0. The van der Waals surface area contributed by atoms with Gasteiger partial charge < -0.3 is 20.7 Å². The molecule has 0 spiro atoms. The topological polar surface area (TPSA) is 67.6 Å². The average Bonchev–Trinajstić information content (AvgIpc) is 3.00. The Morgan fingerprint density at radius 2 is 2.05 bits per heavy atom. The first-order valence-electron chi connectivity index (χ1n) is 8.19. The van der Waals surface area contributed by atoms with Gasteiger partial charge in [0.05, 0.1) is 19.1 Å². The number of amides is 1. The van der Waals surface area contributed by atoms with E-state index in [0.717, 1.165) is 51.1 Å². The molecule has 2 atom stereocenters. The van der Waals surface area contributed by atoms with Crippen LogP contribution in [0.2, 0.25) is 0 Å². The van der Waals surface area contributed by atoms with Crippen molar-refractivity contribution in [3.63, 3.8) is 0 Å². The van der Waals surface area contributed by atoms with Crippen LogP contribution < -0.4 is 16.0 Å². The van der Waals surface area contributed by atoms with Crippen molar-refractivity contribution < 1.29 is 9.53 Å². The van der Waals surface area contributed by atoms with Crippen LogP contribution in [0.3, 0.4) is 0 Å². The quantitative estimate of drug-likeness (QED) is 0.879. The summed E-state index contributed by atoms with van der Waals surface area (Å²) in [5.41, 5.74) is 8.37. The summed E-state index contributed by atoms with van der Waals surface area (Å²) in [7, 11) is 0. The second-order valence-electron chi connectivity index (χ2n) is 6.15. The predicted molar refractivity (Wildman–Crippen MR) is 86.6 cm³/mol. The zero-order valence-corrected chi connectivity index (χ0v) is 13.0. The Morgan fingerprint density at radius 1 is 1.27 bits per heavy atom. The highest BCUT2D eigenvalue weighted by Gasteiger charge is 2.30. The van der Waals surface area contributed by atoms with E-state index >= 15 is 0 Å². The van der Waals surface area contributed by atoms with Crippen LogP contribution >= 0.6 is 0 Å². The minimum Gasteiger partial charge on any atom is -0.378 e. The maximum atomic E-state index is 12.3. The summed E-state index contributed by atoms with van der Waals surface area (Å²) in [6, 6.07) is 8.29. The fourth-order valence-electron chi connectivity index (χ4n) is 3.40. The van der Waals surface area contributed by atoms with Crippen LogP contribution in [0.1, 0.15) is 24.8 Å². The van der Waals surface area contributed by atoms with Gasteiger partial charge in [-0.25, -0.2) is 0 Å². The summed E-state index contributed by atoms with van der Waals surface area (Å²) in [5.74, 6) is 0.0809. The lowest BCUT2D eigenvalue weighted by atomic mass is 10.0. The van der Waals surface area contributed by atoms with Crippen LogP contribution in [0.5, 0.6) is 0 Å². The molecule has 0 radical (unpaired) electrons. The summed E-state index contributed by atoms with van der Waals surface area (Å²) in [6.45, 7) is 3.89. The van der Waals surface area contributed by atoms with Crippen LogP contribution in [0.25, 0.3) is 0 Å². The van der Waals surface area contributed by atoms with Gasteiger partial charge in [0.1, 0.15) is 0 Å². The zero-order valence-electron chi connectivity index (χ0n) is 13.0. The van der Waals surface area contributed by atoms with E-state index in [1.165, 1.54) is 5.69 Å². The average molecular weight is 303 g/mol. The minimum atomic E-state index is -0.0180. The van der Waals surface area contributed by atoms with Gasteiger partial charge in [0.15, 0.2) is 0 Å². The van der Waals surface area contributed by atoms with Crippen molar-refractivity contribution in [2.45, 2.75) is 31.8 Å². The van der Waals surface area contributed by atoms with Gasteiger partial charge in [-0.15, -0.1) is 0 Å². The standard InChI is InChI=1S/C17H25N3O2/c18-15-6-3-5-14(15)17(21)19-12-13-4-1-2-7-16(13)20-8-10-22-11-9-20/h1-2,4,7,14-15H,3,5-6,8-12,18H2,(H,19,21)/t14-,15+/m0/s1. The summed E-state index contributed by atoms with van der Waals surface area (Å²) < 4.78 is 5.41. The van der Waals surface area contributed by atoms with Gasteiger partial charge in [-0.05, 0) is 24.5 Å². The number of carbonyl (C=O) groups excluding carboxylic acids is 1. The molecular formula is C17H25N3O2. The SMILES string of the molecule is N[C@@H]1CCC[C@@H]1C(=O)NCc1ccccc1N1CCOCC1. The molecule has 5 nitrogen and oxygen atoms in total. The van der Waals surface area contributed by atoms with Gasteiger partial charge in [-0.3, -0.25) is 4.79 Å². The number of nitrogens with two attached hydrogens (primary N) is 1. The van der Waals surface area contributed by atoms with E-state index in [4.69, 9.17) is 10.5 Å². The summed E-state index contributed by atoms with van der Waals surface area (Å²) in [5, 5.41) is 3.07. The third-order valence-electron chi connectivity index (χ3n) is 4.70. The molecule has 1 amide bonds. The van der Waals surface area contributed by atoms with E-state index < -0.39 is 0 Å². The molecule has 1 saturated heterocycles. The van der Waals surface area contributed by atoms with Crippen molar-refractivity contribution >= 4 is 11.6 Å². The summed E-state index contributed by atoms with van der Waals surface area (Å²) in [6.07, 6.45) is 2.93. The van der Waals surface area contributed by atoms with Crippen LogP contribution in [-0.4, -0.2) is 38.3 Å². The smallest absolute Gasteiger partial charge is 0.224 e. The minimum absolute atomic E-state index is 0.0180. The van der Waals surface area contributed by atoms with E-state index in [1.54, 1.807) is 0 Å². The first-order valence-corrected chi connectivity index (χ1v) is 8.19. The maximum absolute atomic E-state index is 12.3. The number of para-hydroxylation sites is 1. The van der Waals surface area contributed by atoms with E-state index in [9.17, 15) is 4.79 Å². The van der Waals surface area contributed by atoms with E-state index in [0.29, 0.717) is 6.54 Å². The number of nitrogens with zero attached hydrogens (tertiary/aromatic N) is 1. The normalized spacial score (nSPS) is 25.2. The fraction of sp³-hybridized carbons (Fsp3) is 0.588. The molecule has 22 heavy (non-hydrogen) atoms. The lowest BCUT2D eigenvalue weighted by Gasteiger charge is -2.30. The molecule has 1 aliphatic carbocycles. The lowest BCUT2D eigenvalue weighted by molar-refractivity contribution is -0.125. The highest BCUT2D eigenvalue weighted by Crippen LogP contribution is 2.25. The van der Waals surface area contributed by atoms with E-state index in [-0.39, 0.29) is 17.9 Å². The third kappa shape index (κ3) is 3.42. The highest BCUT2D eigenvalue weighted by molar-refractivity contribution is 5.79. The van der Waals surface area contributed by atoms with Crippen molar-refractivity contribution in [3.8, 4) is 0 Å². The first-order chi connectivity index (χ1) is 10.8. The van der Waals surface area contributed by atoms with Crippen molar-refractivity contribution in [3.05, 3.63) is 29.8 Å². The van der Waals surface area contributed by atoms with Crippen molar-refractivity contribution in [1.29, 1.82) is 0 Å². The molecule has 5 heteroatoms. The highest BCUT2D eigenvalue weighted by atomic mass is 16.5. The molecule has 2 fully saturated rings. The number of morpholine rings is 1. The second-order valence-corrected chi connectivity index (χ2v) is 6.15. The zero-order chi connectivity index (χ0) is 15.4. The fourth-order valence-corrected chi connectivity index (χ4v) is 3.40. The van der Waals surface area contributed by atoms with Crippen molar-refractivity contribution in [2.24, 2.45) is 11.7 Å². The number of nitrogens with one attached hydrogen (secondary N) is 1. The molecule has 1 saturated carbocycles. The van der Waals surface area contributed by atoms with Crippen LogP contribution in [-0.2, 0) is 16.1 Å². The summed E-state index contributed by atoms with van der Waals surface area (Å²) in [4.78, 5) is 14.6. The van der Waals surface area contributed by atoms with Crippen molar-refractivity contribution in [2.75, 3.05) is 31.2 Å². The molecule has 1 heterocycles. The molecule has 120 valence electrons. The molecule has 3 N–H and O–H groups in total. The Balaban J connectivity index is 1.63. The first kappa shape index (κ1) is 15.3. The number of benzene rings is 1. The number of ether oxygens (including phenoxy) is 1. The molecular weight excluding hydrogens is 278 g/mol. The van der Waals surface area contributed by atoms with Crippen LogP contribution in [0.15, 0.2) is 24.3 Å². The third-order valence-corrected chi connectivity index (χ3v) is 4.70. The molecule has 1 aliphatic heterocycles. The van der Waals surface area contributed by atoms with Gasteiger partial charge in [-0.2, -0.15) is 0 Å². The number of anilines is 1. The van der Waals surface area contributed by atoms with Crippen LogP contribution in [0, 0.1) is 5.92 Å². The Labute approximate surface area is 131 Å². The van der Waals surface area contributed by atoms with E-state index in [1.807, 2.05) is 12.1 Å². The van der Waals surface area contributed by atoms with Gasteiger partial charge in [-0.1, -0.05) is 24.6 Å². The van der Waals surface area contributed by atoms with Gasteiger partial charge >= 0.3 is 0 Å². The number of rotatable bonds is 4. The van der Waals surface area contributed by atoms with Crippen molar-refractivity contribution in [1.82, 2.24) is 5.32 Å². The number of carbonyl (C=O) groups is 1. The molecule has 0 bridgehead atoms. The second kappa shape index (κ2) is 7.11. The van der Waals surface area contributed by atoms with E-state index in [2.05, 4.69) is 22.3 Å². The van der Waals surface area contributed by atoms with Gasteiger partial charge in [0.25, 0.3) is 0 Å². The molecule has 1 aromatic carbocycles. The lowest BCUT2D eigenvalue weighted by Crippen LogP contribution is -2.39. The monoisotopic (exact) mass is 303 g/mol. The Morgan fingerprint density at radius 3 is 2.77 bits per heavy atom.